The molecule has 7 N–H and O–H groups in total. The van der Waals surface area contributed by atoms with E-state index in [2.05, 4.69) is 4.74 Å². The zero-order chi connectivity index (χ0) is 26.3. The van der Waals surface area contributed by atoms with Crippen molar-refractivity contribution in [1.82, 2.24) is 0 Å². The van der Waals surface area contributed by atoms with Crippen LogP contribution in [-0.2, 0) is 9.47 Å². The van der Waals surface area contributed by atoms with Crippen LogP contribution in [0.4, 0.5) is 4.79 Å². The number of methoxy groups -OCH3 is 1. The van der Waals surface area contributed by atoms with Gasteiger partial charge in [-0.15, -0.1) is 0 Å². The number of hydrogen-bond acceptors (Lipinski definition) is 13. The van der Waals surface area contributed by atoms with Crippen LogP contribution in [0.15, 0.2) is 39.5 Å². The molecule has 0 amide bonds. The van der Waals surface area contributed by atoms with Gasteiger partial charge >= 0.3 is 6.16 Å². The maximum absolute atomic E-state index is 12.6. The van der Waals surface area contributed by atoms with Crippen LogP contribution in [0, 0.1) is 0 Å². The minimum atomic E-state index is -1.89. The van der Waals surface area contributed by atoms with E-state index >= 15 is 0 Å². The molecule has 1 aliphatic heterocycles. The number of phenolic OH excluding ortho intramolecular Hbond substituents is 2. The van der Waals surface area contributed by atoms with Gasteiger partial charge in [0.2, 0.25) is 23.8 Å². The van der Waals surface area contributed by atoms with E-state index in [0.717, 1.165) is 12.1 Å². The first-order chi connectivity index (χ1) is 17.0. The fourth-order valence-electron chi connectivity index (χ4n) is 3.61. The Morgan fingerprint density at radius 1 is 0.944 bits per heavy atom. The summed E-state index contributed by atoms with van der Waals surface area (Å²) in [6.45, 7) is 0. The molecule has 0 saturated carbocycles. The Balaban J connectivity index is 1.69. The summed E-state index contributed by atoms with van der Waals surface area (Å²) in [5, 5.41) is 68.6. The second-order valence-electron chi connectivity index (χ2n) is 7.66. The van der Waals surface area contributed by atoms with E-state index in [9.17, 15) is 40.2 Å². The van der Waals surface area contributed by atoms with Gasteiger partial charge in [-0.25, -0.2) is 4.79 Å². The van der Waals surface area contributed by atoms with E-state index in [1.807, 2.05) is 0 Å². The average Bonchev–Trinajstić information content (AvgIpc) is 2.82. The quantitative estimate of drug-likeness (QED) is 0.232. The van der Waals surface area contributed by atoms with E-state index < -0.39 is 54.0 Å². The van der Waals surface area contributed by atoms with Crippen LogP contribution in [0.3, 0.4) is 0 Å². The molecule has 3 aromatic rings. The molecule has 1 aromatic heterocycles. The van der Waals surface area contributed by atoms with E-state index in [0.29, 0.717) is 0 Å². The van der Waals surface area contributed by atoms with E-state index in [1.54, 1.807) is 0 Å². The summed E-state index contributed by atoms with van der Waals surface area (Å²) in [6, 6.07) is 5.84. The van der Waals surface area contributed by atoms with Gasteiger partial charge in [-0.1, -0.05) is 0 Å². The summed E-state index contributed by atoms with van der Waals surface area (Å²) in [7, 11) is 1.24. The highest BCUT2D eigenvalue weighted by atomic mass is 16.8. The molecule has 192 valence electrons. The van der Waals surface area contributed by atoms with Crippen molar-refractivity contribution in [2.45, 2.75) is 30.9 Å². The van der Waals surface area contributed by atoms with Gasteiger partial charge in [0.1, 0.15) is 40.8 Å². The number of aromatic hydroxyl groups is 3. The van der Waals surface area contributed by atoms with Crippen molar-refractivity contribution in [2.75, 3.05) is 7.11 Å². The summed E-state index contributed by atoms with van der Waals surface area (Å²) in [5.41, 5.74) is -1.06. The van der Waals surface area contributed by atoms with Gasteiger partial charge < -0.3 is 54.4 Å². The van der Waals surface area contributed by atoms with Crippen LogP contribution < -0.4 is 14.9 Å². The molecule has 0 radical (unpaired) electrons. The van der Waals surface area contributed by atoms with Crippen LogP contribution in [-0.4, -0.2) is 79.9 Å². The van der Waals surface area contributed by atoms with Crippen molar-refractivity contribution in [3.63, 3.8) is 0 Å². The van der Waals surface area contributed by atoms with Gasteiger partial charge in [0.05, 0.1) is 7.11 Å². The molecule has 5 unspecified atom stereocenters. The van der Waals surface area contributed by atoms with Crippen LogP contribution in [0.25, 0.3) is 22.3 Å². The van der Waals surface area contributed by atoms with Crippen molar-refractivity contribution in [2.24, 2.45) is 0 Å². The SMILES string of the molecule is COc1cc(-c2oc3cc(O)cc(O)c3c(=O)c2O)ccc1OC1OC(OC(=O)O)C(O)C(O)C1O. The number of carbonyl (C=O) groups is 1. The monoisotopic (exact) mass is 508 g/mol. The maximum atomic E-state index is 12.6. The third-order valence-electron chi connectivity index (χ3n) is 5.35. The van der Waals surface area contributed by atoms with Crippen LogP contribution in [0.2, 0.25) is 0 Å². The lowest BCUT2D eigenvalue weighted by molar-refractivity contribution is -0.321. The summed E-state index contributed by atoms with van der Waals surface area (Å²) in [4.78, 5) is 23.4. The maximum Gasteiger partial charge on any atom is 0.508 e. The third-order valence-corrected chi connectivity index (χ3v) is 5.35. The largest absolute Gasteiger partial charge is 0.508 e. The normalized spacial score (nSPS) is 23.8. The lowest BCUT2D eigenvalue weighted by atomic mass is 10.0. The zero-order valence-corrected chi connectivity index (χ0v) is 18.3. The van der Waals surface area contributed by atoms with Gasteiger partial charge in [0.15, 0.2) is 17.3 Å². The Morgan fingerprint density at radius 3 is 2.31 bits per heavy atom. The summed E-state index contributed by atoms with van der Waals surface area (Å²) >= 11 is 0. The number of aliphatic hydroxyl groups is 3. The highest BCUT2D eigenvalue weighted by molar-refractivity contribution is 5.88. The molecule has 0 spiro atoms. The van der Waals surface area contributed by atoms with Crippen molar-refractivity contribution < 1.29 is 63.9 Å². The van der Waals surface area contributed by atoms with Gasteiger partial charge in [0, 0.05) is 17.7 Å². The van der Waals surface area contributed by atoms with Crippen molar-refractivity contribution in [1.29, 1.82) is 0 Å². The predicted octanol–water partition coefficient (Wildman–Crippen LogP) is 0.424. The van der Waals surface area contributed by atoms with Crippen molar-refractivity contribution >= 4 is 17.1 Å². The number of aliphatic hydroxyl groups excluding tert-OH is 3. The average molecular weight is 508 g/mol. The second-order valence-corrected chi connectivity index (χ2v) is 7.66. The molecule has 5 atom stereocenters. The smallest absolute Gasteiger partial charge is 0.508 e. The Hall–Kier alpha value is -4.24. The van der Waals surface area contributed by atoms with Crippen molar-refractivity contribution in [3.8, 4) is 40.1 Å². The van der Waals surface area contributed by atoms with E-state index in [-0.39, 0.29) is 39.5 Å². The molecular weight excluding hydrogens is 488 g/mol. The summed E-state index contributed by atoms with van der Waals surface area (Å²) in [6.07, 6.45) is -11.0. The third kappa shape index (κ3) is 4.40. The molecule has 14 nitrogen and oxygen atoms in total. The Morgan fingerprint density at radius 2 is 1.64 bits per heavy atom. The summed E-state index contributed by atoms with van der Waals surface area (Å²) in [5.74, 6) is -2.28. The van der Waals surface area contributed by atoms with Crippen molar-refractivity contribution in [3.05, 3.63) is 40.6 Å². The van der Waals surface area contributed by atoms with Crippen LogP contribution in [0.5, 0.6) is 28.7 Å². The number of benzene rings is 2. The number of phenols is 2. The minimum absolute atomic E-state index is 0.0412. The molecule has 14 heteroatoms. The first kappa shape index (κ1) is 24.9. The van der Waals surface area contributed by atoms with Gasteiger partial charge in [-0.3, -0.25) is 9.53 Å². The van der Waals surface area contributed by atoms with Gasteiger partial charge in [0.25, 0.3) is 0 Å². The molecule has 1 saturated heterocycles. The lowest BCUT2D eigenvalue weighted by Gasteiger charge is -2.39. The molecule has 0 bridgehead atoms. The molecule has 2 aromatic carbocycles. The fraction of sp³-hybridized carbons (Fsp3) is 0.273. The Bertz CT molecular complexity index is 1370. The number of carboxylic acid groups (broad SMARTS) is 1. The minimum Gasteiger partial charge on any atom is -0.508 e. The topological polar surface area (TPSA) is 226 Å². The molecular formula is C22H20O14. The number of rotatable bonds is 5. The first-order valence-corrected chi connectivity index (χ1v) is 10.2. The summed E-state index contributed by atoms with van der Waals surface area (Å²) < 4.78 is 25.8. The lowest BCUT2D eigenvalue weighted by Crippen LogP contribution is -2.60. The molecule has 1 aliphatic rings. The predicted molar refractivity (Wildman–Crippen MR) is 116 cm³/mol. The molecule has 4 rings (SSSR count). The molecule has 0 aliphatic carbocycles. The zero-order valence-electron chi connectivity index (χ0n) is 18.3. The molecule has 1 fully saturated rings. The number of fused-ring (bicyclic) bond motifs is 1. The molecule has 36 heavy (non-hydrogen) atoms. The number of hydrogen-bond donors (Lipinski definition) is 7. The highest BCUT2D eigenvalue weighted by Crippen LogP contribution is 2.39. The highest BCUT2D eigenvalue weighted by Gasteiger charge is 2.47. The van der Waals surface area contributed by atoms with Gasteiger partial charge in [-0.2, -0.15) is 0 Å². The van der Waals surface area contributed by atoms with Crippen LogP contribution >= 0.6 is 0 Å². The van der Waals surface area contributed by atoms with E-state index in [4.69, 9.17) is 23.7 Å². The van der Waals surface area contributed by atoms with Crippen LogP contribution in [0.1, 0.15) is 0 Å². The second kappa shape index (κ2) is 9.43. The standard InChI is InChI=1S/C22H20O14/c1-32-11-4-7(19-16(27)14(25)13-9(24)5-8(23)6-12(13)33-19)2-3-10(11)34-20-17(28)15(26)18(29)21(35-20)36-22(30)31/h2-6,15,17-18,20-21,23-24,26-29H,1H3,(H,30,31). The number of ether oxygens (including phenoxy) is 4. The molecule has 2 heterocycles. The fourth-order valence-corrected chi connectivity index (χ4v) is 3.61. The Kier molecular flexibility index (Phi) is 6.51. The Labute approximate surface area is 200 Å². The first-order valence-electron chi connectivity index (χ1n) is 10.2. The van der Waals surface area contributed by atoms with E-state index in [1.165, 1.54) is 25.3 Å². The van der Waals surface area contributed by atoms with Gasteiger partial charge in [-0.05, 0) is 18.2 Å².